The van der Waals surface area contributed by atoms with Crippen molar-refractivity contribution in [3.63, 3.8) is 0 Å². The van der Waals surface area contributed by atoms with Crippen molar-refractivity contribution in [2.24, 2.45) is 0 Å². The Kier molecular flexibility index (Phi) is 8.34. The van der Waals surface area contributed by atoms with E-state index in [9.17, 15) is 0 Å². The average molecular weight is 425 g/mol. The third-order valence-electron chi connectivity index (χ3n) is 2.96. The van der Waals surface area contributed by atoms with E-state index in [1.807, 2.05) is 12.2 Å². The number of hydrogen-bond acceptors (Lipinski definition) is 0. The summed E-state index contributed by atoms with van der Waals surface area (Å²) in [5.41, 5.74) is 1.28. The van der Waals surface area contributed by atoms with Gasteiger partial charge >= 0.3 is 37.9 Å². The smallest absolute Gasteiger partial charge is 0.0166 e. The monoisotopic (exact) mass is 423 g/mol. The van der Waals surface area contributed by atoms with Crippen LogP contribution in [0.3, 0.4) is 0 Å². The van der Waals surface area contributed by atoms with E-state index in [-0.39, 0.29) is 0 Å². The SMILES string of the molecule is [C-]1=CC=CC1.[Cl][Zr+2][Cl].c1ccc2[cH-]c(-n3cccp3)cc2c1. The number of fused-ring (bicyclic) bond motifs is 1. The fourth-order valence-electron chi connectivity index (χ4n) is 2.03. The van der Waals surface area contributed by atoms with Crippen LogP contribution in [0, 0.1) is 6.08 Å². The van der Waals surface area contributed by atoms with Gasteiger partial charge in [0.15, 0.2) is 0 Å². The molecule has 5 heteroatoms. The van der Waals surface area contributed by atoms with Crippen molar-refractivity contribution in [3.8, 4) is 5.69 Å². The van der Waals surface area contributed by atoms with Crippen LogP contribution in [-0.4, -0.2) is 4.33 Å². The van der Waals surface area contributed by atoms with Crippen LogP contribution >= 0.6 is 25.4 Å². The van der Waals surface area contributed by atoms with Crippen molar-refractivity contribution in [3.05, 3.63) is 78.8 Å². The van der Waals surface area contributed by atoms with Crippen molar-refractivity contribution in [1.29, 1.82) is 0 Å². The van der Waals surface area contributed by atoms with Crippen molar-refractivity contribution in [2.75, 3.05) is 0 Å². The molecule has 0 aliphatic heterocycles. The predicted molar refractivity (Wildman–Crippen MR) is 94.7 cm³/mol. The molecule has 1 aliphatic carbocycles. The van der Waals surface area contributed by atoms with Crippen molar-refractivity contribution in [2.45, 2.75) is 6.42 Å². The summed E-state index contributed by atoms with van der Waals surface area (Å²) in [5, 5.41) is 2.64. The summed E-state index contributed by atoms with van der Waals surface area (Å²) in [6.45, 7) is 0. The third kappa shape index (κ3) is 5.60. The largest absolute Gasteiger partial charge is 0.319 e. The van der Waals surface area contributed by atoms with Gasteiger partial charge in [0.25, 0.3) is 0 Å². The summed E-state index contributed by atoms with van der Waals surface area (Å²) in [5.74, 6) is 2.14. The van der Waals surface area contributed by atoms with Gasteiger partial charge in [-0.1, -0.05) is 6.07 Å². The molecule has 1 heterocycles. The first-order chi connectivity index (χ1) is 10.8. The van der Waals surface area contributed by atoms with Crippen LogP contribution in [-0.2, 0) is 20.8 Å². The minimum Gasteiger partial charge on any atom is -0.319 e. The Balaban J connectivity index is 0.000000184. The molecule has 0 saturated heterocycles. The van der Waals surface area contributed by atoms with Gasteiger partial charge in [0.1, 0.15) is 0 Å². The normalized spacial score (nSPS) is 11.7. The van der Waals surface area contributed by atoms with Gasteiger partial charge in [0.05, 0.1) is 0 Å². The molecule has 0 spiro atoms. The van der Waals surface area contributed by atoms with Gasteiger partial charge in [-0.05, 0) is 17.6 Å². The van der Waals surface area contributed by atoms with Crippen molar-refractivity contribution >= 4 is 36.1 Å². The molecule has 1 nitrogen and oxygen atoms in total. The predicted octanol–water partition coefficient (Wildman–Crippen LogP) is 6.61. The Morgan fingerprint density at radius 3 is 2.59 bits per heavy atom. The molecule has 0 N–H and O–H groups in total. The van der Waals surface area contributed by atoms with Crippen LogP contribution in [0.2, 0.25) is 0 Å². The number of nitrogens with zero attached hydrogens (tertiary/aromatic N) is 1. The van der Waals surface area contributed by atoms with E-state index in [0.717, 1.165) is 6.42 Å². The van der Waals surface area contributed by atoms with E-state index in [4.69, 9.17) is 17.0 Å². The summed E-state index contributed by atoms with van der Waals surface area (Å²) in [7, 11) is 11.1. The van der Waals surface area contributed by atoms with Crippen LogP contribution in [0.4, 0.5) is 0 Å². The fourth-order valence-corrected chi connectivity index (χ4v) is 2.73. The second-order valence-electron chi connectivity index (χ2n) is 4.37. The van der Waals surface area contributed by atoms with E-state index in [2.05, 4.69) is 70.9 Å². The van der Waals surface area contributed by atoms with Crippen LogP contribution in [0.15, 0.2) is 72.7 Å². The minimum atomic E-state index is -0.826. The van der Waals surface area contributed by atoms with E-state index in [1.54, 1.807) is 0 Å². The first-order valence-corrected chi connectivity index (χ1v) is 13.9. The average Bonchev–Trinajstić information content (AvgIpc) is 3.29. The Morgan fingerprint density at radius 2 is 2.05 bits per heavy atom. The minimum absolute atomic E-state index is 0.826. The van der Waals surface area contributed by atoms with Gasteiger partial charge in [-0.2, -0.15) is 6.08 Å². The summed E-state index contributed by atoms with van der Waals surface area (Å²) in [4.78, 5) is 0. The van der Waals surface area contributed by atoms with Gasteiger partial charge < -0.3 is 4.33 Å². The molecule has 0 amide bonds. The van der Waals surface area contributed by atoms with E-state index in [1.165, 1.54) is 24.8 Å². The number of benzene rings is 1. The first kappa shape index (κ1) is 17.8. The summed E-state index contributed by atoms with van der Waals surface area (Å²) in [6.07, 6.45) is 12.1. The quantitative estimate of drug-likeness (QED) is 0.387. The summed E-state index contributed by atoms with van der Waals surface area (Å²) in [6, 6.07) is 15.0. The molecule has 3 aromatic rings. The zero-order valence-electron chi connectivity index (χ0n) is 11.8. The number of hydrogen-bond donors (Lipinski definition) is 0. The zero-order valence-corrected chi connectivity index (χ0v) is 16.6. The molecular weight excluding hydrogens is 411 g/mol. The maximum absolute atomic E-state index is 4.93. The van der Waals surface area contributed by atoms with Gasteiger partial charge in [-0.15, -0.1) is 47.5 Å². The zero-order chi connectivity index (χ0) is 15.6. The molecule has 0 saturated carbocycles. The summed E-state index contributed by atoms with van der Waals surface area (Å²) < 4.78 is 2.22. The van der Waals surface area contributed by atoms with E-state index < -0.39 is 20.8 Å². The van der Waals surface area contributed by atoms with Crippen LogP contribution in [0.1, 0.15) is 6.42 Å². The number of allylic oxidation sites excluding steroid dienone is 4. The second-order valence-corrected chi connectivity index (χ2v) is 9.06. The molecule has 110 valence electrons. The number of halogens is 2. The molecule has 4 rings (SSSR count). The molecule has 0 unspecified atom stereocenters. The van der Waals surface area contributed by atoms with E-state index in [0.29, 0.717) is 0 Å². The molecule has 0 atom stereocenters. The summed E-state index contributed by atoms with van der Waals surface area (Å²) >= 11 is -0.826. The van der Waals surface area contributed by atoms with Gasteiger partial charge in [-0.25, -0.2) is 12.2 Å². The topological polar surface area (TPSA) is 4.93 Å². The Bertz CT molecular complexity index is 689. The molecule has 0 bridgehead atoms. The van der Waals surface area contributed by atoms with Crippen LogP contribution < -0.4 is 0 Å². The Labute approximate surface area is 151 Å². The van der Waals surface area contributed by atoms with Crippen molar-refractivity contribution < 1.29 is 20.8 Å². The van der Waals surface area contributed by atoms with Crippen LogP contribution in [0.5, 0.6) is 0 Å². The number of rotatable bonds is 1. The first-order valence-electron chi connectivity index (χ1n) is 6.68. The van der Waals surface area contributed by atoms with Gasteiger partial charge in [0, 0.05) is 14.5 Å². The second kappa shape index (κ2) is 10.3. The van der Waals surface area contributed by atoms with Gasteiger partial charge in [0.2, 0.25) is 0 Å². The molecular formula is C17H14Cl2NPZr. The maximum Gasteiger partial charge on any atom is 0.0166 e. The standard InChI is InChI=1S/C12H9NP.C5H5.2ClH.Zr/c1-2-5-11-9-12(8-10(11)4-1)13-6-3-7-14-13;1-2-4-5-3-1;;;/h1-9H;1-3H,4H2;2*1H;/q2*-1;;;+4/p-2. The van der Waals surface area contributed by atoms with Crippen LogP contribution in [0.25, 0.3) is 16.5 Å². The third-order valence-corrected chi connectivity index (χ3v) is 3.88. The molecule has 0 radical (unpaired) electrons. The van der Waals surface area contributed by atoms with E-state index >= 15 is 0 Å². The fraction of sp³-hybridized carbons (Fsp3) is 0.0588. The Hall–Kier alpha value is -0.517. The molecule has 22 heavy (non-hydrogen) atoms. The Morgan fingerprint density at radius 1 is 1.23 bits per heavy atom. The van der Waals surface area contributed by atoms with Crippen molar-refractivity contribution in [1.82, 2.24) is 4.33 Å². The van der Waals surface area contributed by atoms with Gasteiger partial charge in [-0.3, -0.25) is 6.08 Å². The maximum atomic E-state index is 4.93. The molecule has 1 aromatic heterocycles. The molecule has 1 aliphatic rings. The number of aromatic nitrogens is 1. The molecule has 0 fully saturated rings. The molecule has 2 aromatic carbocycles.